The van der Waals surface area contributed by atoms with Crippen molar-refractivity contribution in [3.05, 3.63) is 0 Å². The predicted molar refractivity (Wildman–Crippen MR) is 38.6 cm³/mol. The quantitative estimate of drug-likeness (QED) is 0.431. The molecule has 0 aliphatic carbocycles. The molecule has 6 nitrogen and oxygen atoms in total. The third-order valence-electron chi connectivity index (χ3n) is 0.599. The van der Waals surface area contributed by atoms with E-state index in [4.69, 9.17) is 9.11 Å². The van der Waals surface area contributed by atoms with E-state index >= 15 is 0 Å². The molecular formula is C2H6NaO6S2. The van der Waals surface area contributed by atoms with Crippen molar-refractivity contribution in [2.45, 2.75) is 0 Å². The number of rotatable bonds is 3. The van der Waals surface area contributed by atoms with E-state index in [-0.39, 0.29) is 29.6 Å². The Kier molecular flexibility index (Phi) is 6.20. The molecule has 0 aromatic carbocycles. The zero-order valence-electron chi connectivity index (χ0n) is 5.76. The summed E-state index contributed by atoms with van der Waals surface area (Å²) in [5.41, 5.74) is 0. The van der Waals surface area contributed by atoms with Gasteiger partial charge < -0.3 is 0 Å². The summed E-state index contributed by atoms with van der Waals surface area (Å²) >= 11 is 0. The molecule has 0 fully saturated rings. The Bertz CT molecular complexity index is 255. The molecule has 63 valence electrons. The van der Waals surface area contributed by atoms with Crippen LogP contribution in [0.4, 0.5) is 0 Å². The van der Waals surface area contributed by atoms with Crippen LogP contribution >= 0.6 is 0 Å². The van der Waals surface area contributed by atoms with Gasteiger partial charge in [-0.15, -0.1) is 0 Å². The summed E-state index contributed by atoms with van der Waals surface area (Å²) < 4.78 is 55.4. The van der Waals surface area contributed by atoms with Gasteiger partial charge in [0, 0.05) is 29.6 Å². The van der Waals surface area contributed by atoms with Gasteiger partial charge in [0.25, 0.3) is 20.2 Å². The van der Waals surface area contributed by atoms with E-state index < -0.39 is 31.7 Å². The van der Waals surface area contributed by atoms with E-state index in [1.54, 1.807) is 0 Å². The molecule has 9 heteroatoms. The smallest absolute Gasteiger partial charge is 0.265 e. The molecular weight excluding hydrogens is 207 g/mol. The molecule has 0 aromatic heterocycles. The van der Waals surface area contributed by atoms with Crippen LogP contribution < -0.4 is 0 Å². The molecule has 0 rings (SSSR count). The maximum absolute atomic E-state index is 9.86. The first-order chi connectivity index (χ1) is 4.21. The average molecular weight is 213 g/mol. The van der Waals surface area contributed by atoms with Gasteiger partial charge in [0.15, 0.2) is 0 Å². The van der Waals surface area contributed by atoms with Gasteiger partial charge in [-0.1, -0.05) is 0 Å². The van der Waals surface area contributed by atoms with E-state index in [1.165, 1.54) is 0 Å². The van der Waals surface area contributed by atoms with Crippen molar-refractivity contribution >= 4 is 49.8 Å². The van der Waals surface area contributed by atoms with Crippen molar-refractivity contribution in [1.29, 1.82) is 0 Å². The molecule has 0 atom stereocenters. The molecule has 0 aromatic rings. The second-order valence-corrected chi connectivity index (χ2v) is 4.72. The van der Waals surface area contributed by atoms with Crippen molar-refractivity contribution in [2.75, 3.05) is 11.5 Å². The van der Waals surface area contributed by atoms with E-state index in [0.717, 1.165) is 0 Å². The van der Waals surface area contributed by atoms with Crippen LogP contribution in [0.25, 0.3) is 0 Å². The molecule has 1 radical (unpaired) electrons. The third kappa shape index (κ3) is 13.8. The second kappa shape index (κ2) is 4.75. The summed E-state index contributed by atoms with van der Waals surface area (Å²) in [6, 6.07) is 0. The van der Waals surface area contributed by atoms with Gasteiger partial charge >= 0.3 is 0 Å². The maximum atomic E-state index is 9.86. The van der Waals surface area contributed by atoms with Gasteiger partial charge in [0.2, 0.25) is 0 Å². The summed E-state index contributed by atoms with van der Waals surface area (Å²) in [6.45, 7) is 0. The van der Waals surface area contributed by atoms with Gasteiger partial charge in [-0.25, -0.2) is 0 Å². The van der Waals surface area contributed by atoms with Crippen molar-refractivity contribution < 1.29 is 25.9 Å². The van der Waals surface area contributed by atoms with E-state index in [9.17, 15) is 16.8 Å². The van der Waals surface area contributed by atoms with Crippen LogP contribution in [0.3, 0.4) is 0 Å². The fourth-order valence-corrected chi connectivity index (χ4v) is 1.90. The summed E-state index contributed by atoms with van der Waals surface area (Å²) in [5.74, 6) is -1.96. The summed E-state index contributed by atoms with van der Waals surface area (Å²) in [4.78, 5) is 0. The molecule has 0 saturated carbocycles. The molecule has 0 saturated heterocycles. The minimum Gasteiger partial charge on any atom is -0.286 e. The van der Waals surface area contributed by atoms with Crippen LogP contribution in [0.5, 0.6) is 0 Å². The molecule has 0 bridgehead atoms. The van der Waals surface area contributed by atoms with E-state index in [0.29, 0.717) is 0 Å². The molecule has 0 aliphatic heterocycles. The molecule has 2 N–H and O–H groups in total. The van der Waals surface area contributed by atoms with Crippen LogP contribution in [-0.4, -0.2) is 67.0 Å². The maximum Gasteiger partial charge on any atom is 0.265 e. The summed E-state index contributed by atoms with van der Waals surface area (Å²) in [6.07, 6.45) is 0. The Hall–Kier alpha value is 0.820. The third-order valence-corrected chi connectivity index (χ3v) is 2.30. The normalized spacial score (nSPS) is 12.2. The Morgan fingerprint density at radius 1 is 0.818 bits per heavy atom. The van der Waals surface area contributed by atoms with Crippen molar-refractivity contribution in [3.63, 3.8) is 0 Å². The zero-order valence-corrected chi connectivity index (χ0v) is 9.39. The largest absolute Gasteiger partial charge is 0.286 e. The zero-order chi connectivity index (χ0) is 8.41. The molecule has 0 amide bonds. The Morgan fingerprint density at radius 2 is 1.00 bits per heavy atom. The number of hydrogen-bond donors (Lipinski definition) is 2. The van der Waals surface area contributed by atoms with Crippen LogP contribution in [-0.2, 0) is 20.2 Å². The van der Waals surface area contributed by atoms with Crippen molar-refractivity contribution in [2.24, 2.45) is 0 Å². The number of hydrogen-bond acceptors (Lipinski definition) is 4. The molecule has 0 aliphatic rings. The van der Waals surface area contributed by atoms with Gasteiger partial charge in [0.1, 0.15) is 0 Å². The van der Waals surface area contributed by atoms with Gasteiger partial charge in [0.05, 0.1) is 11.5 Å². The summed E-state index contributed by atoms with van der Waals surface area (Å²) in [7, 11) is -8.59. The first-order valence-electron chi connectivity index (χ1n) is 2.11. The molecule has 0 unspecified atom stereocenters. The van der Waals surface area contributed by atoms with Crippen LogP contribution in [0.15, 0.2) is 0 Å². The Balaban J connectivity index is 0. The SMILES string of the molecule is O=S(=O)(O)CCS(=O)(=O)O.[Na]. The molecule has 11 heavy (non-hydrogen) atoms. The monoisotopic (exact) mass is 213 g/mol. The van der Waals surface area contributed by atoms with Crippen LogP contribution in [0.1, 0.15) is 0 Å². The molecule has 0 spiro atoms. The van der Waals surface area contributed by atoms with Crippen LogP contribution in [0.2, 0.25) is 0 Å². The minimum absolute atomic E-state index is 0. The topological polar surface area (TPSA) is 109 Å². The summed E-state index contributed by atoms with van der Waals surface area (Å²) in [5, 5.41) is 0. The van der Waals surface area contributed by atoms with Crippen molar-refractivity contribution in [3.8, 4) is 0 Å². The Morgan fingerprint density at radius 3 is 1.09 bits per heavy atom. The minimum atomic E-state index is -4.30. The fourth-order valence-electron chi connectivity index (χ4n) is 0.211. The first-order valence-corrected chi connectivity index (χ1v) is 5.33. The van der Waals surface area contributed by atoms with Crippen LogP contribution in [0, 0.1) is 0 Å². The van der Waals surface area contributed by atoms with Gasteiger partial charge in [-0.2, -0.15) is 16.8 Å². The first kappa shape index (κ1) is 14.3. The fraction of sp³-hybridized carbons (Fsp3) is 1.00. The van der Waals surface area contributed by atoms with Gasteiger partial charge in [-0.05, 0) is 0 Å². The van der Waals surface area contributed by atoms with Crippen molar-refractivity contribution in [1.82, 2.24) is 0 Å². The average Bonchev–Trinajstić information content (AvgIpc) is 1.57. The van der Waals surface area contributed by atoms with E-state index in [2.05, 4.69) is 0 Å². The van der Waals surface area contributed by atoms with Gasteiger partial charge in [-0.3, -0.25) is 9.11 Å². The second-order valence-electron chi connectivity index (χ2n) is 1.57. The molecule has 0 heterocycles. The Labute approximate surface area is 86.8 Å². The standard InChI is InChI=1S/C2H6O6S2.Na/c3-9(4,5)1-2-10(6,7)8;/h1-2H2,(H,3,4,5)(H,6,7,8);. The van der Waals surface area contributed by atoms with E-state index in [1.807, 2.05) is 0 Å². The predicted octanol–water partition coefficient (Wildman–Crippen LogP) is -1.62.